The van der Waals surface area contributed by atoms with Crippen LogP contribution in [0.2, 0.25) is 0 Å². The van der Waals surface area contributed by atoms with Gasteiger partial charge in [-0.15, -0.1) is 0 Å². The summed E-state index contributed by atoms with van der Waals surface area (Å²) in [7, 11) is 0. The van der Waals surface area contributed by atoms with E-state index < -0.39 is 0 Å². The second-order valence-corrected chi connectivity index (χ2v) is 5.14. The van der Waals surface area contributed by atoms with E-state index in [0.29, 0.717) is 6.54 Å². The Balaban J connectivity index is 1.92. The van der Waals surface area contributed by atoms with Gasteiger partial charge in [-0.1, -0.05) is 12.8 Å². The summed E-state index contributed by atoms with van der Waals surface area (Å²) in [6.07, 6.45) is 5.83. The lowest BCUT2D eigenvalue weighted by atomic mass is 10.1. The van der Waals surface area contributed by atoms with Crippen LogP contribution < -0.4 is 15.8 Å². The van der Waals surface area contributed by atoms with Gasteiger partial charge in [0.2, 0.25) is 5.95 Å². The molecule has 0 aliphatic carbocycles. The van der Waals surface area contributed by atoms with Crippen molar-refractivity contribution in [3.8, 4) is 0 Å². The summed E-state index contributed by atoms with van der Waals surface area (Å²) in [6.45, 7) is 3.60. The molecule has 0 saturated carbocycles. The summed E-state index contributed by atoms with van der Waals surface area (Å²) in [5.41, 5.74) is 1.84. The van der Waals surface area contributed by atoms with E-state index >= 15 is 0 Å². The number of H-pyrrole nitrogens is 1. The quantitative estimate of drug-likeness (QED) is 0.771. The largest absolute Gasteiger partial charge is 0.342 e. The molecule has 3 rings (SSSR count). The number of nitrogens with one attached hydrogen (secondary N) is 2. The van der Waals surface area contributed by atoms with E-state index in [0.717, 1.165) is 43.3 Å². The first-order valence-electron chi connectivity index (χ1n) is 6.92. The molecule has 98 valence electrons. The van der Waals surface area contributed by atoms with Gasteiger partial charge in [-0.05, 0) is 12.8 Å². The van der Waals surface area contributed by atoms with Gasteiger partial charge in [0.25, 0.3) is 5.56 Å². The summed E-state index contributed by atoms with van der Waals surface area (Å²) in [6, 6.07) is 0. The van der Waals surface area contributed by atoms with Crippen LogP contribution in [0.5, 0.6) is 0 Å². The Labute approximate surface area is 107 Å². The number of rotatable bonds is 1. The van der Waals surface area contributed by atoms with Gasteiger partial charge < -0.3 is 10.2 Å². The monoisotopic (exact) mass is 248 g/mol. The standard InChI is InChI=1S/C13H20N4O/c18-12-10-9-14-6-5-11(10)15-13(16-12)17-7-3-1-2-4-8-17/h14H,1-9H2,(H,15,16,18). The molecule has 2 N–H and O–H groups in total. The molecule has 0 bridgehead atoms. The second-order valence-electron chi connectivity index (χ2n) is 5.14. The second kappa shape index (κ2) is 5.10. The van der Waals surface area contributed by atoms with Crippen LogP contribution in [-0.2, 0) is 13.0 Å². The third-order valence-electron chi connectivity index (χ3n) is 3.83. The lowest BCUT2D eigenvalue weighted by molar-refractivity contribution is 0.616. The molecule has 0 unspecified atom stereocenters. The van der Waals surface area contributed by atoms with Crippen LogP contribution in [0.4, 0.5) is 5.95 Å². The summed E-state index contributed by atoms with van der Waals surface area (Å²) in [5.74, 6) is 0.780. The summed E-state index contributed by atoms with van der Waals surface area (Å²) in [5, 5.41) is 3.22. The van der Waals surface area contributed by atoms with E-state index in [1.54, 1.807) is 0 Å². The van der Waals surface area contributed by atoms with E-state index in [-0.39, 0.29) is 5.56 Å². The number of hydrogen-bond acceptors (Lipinski definition) is 4. The molecular weight excluding hydrogens is 228 g/mol. The molecule has 1 saturated heterocycles. The lowest BCUT2D eigenvalue weighted by Crippen LogP contribution is -2.35. The van der Waals surface area contributed by atoms with Crippen LogP contribution >= 0.6 is 0 Å². The van der Waals surface area contributed by atoms with Gasteiger partial charge in [-0.2, -0.15) is 0 Å². The number of aromatic amines is 1. The van der Waals surface area contributed by atoms with Crippen molar-refractivity contribution in [2.24, 2.45) is 0 Å². The van der Waals surface area contributed by atoms with Crippen molar-refractivity contribution in [3.63, 3.8) is 0 Å². The highest BCUT2D eigenvalue weighted by Gasteiger charge is 2.18. The predicted molar refractivity (Wildman–Crippen MR) is 70.9 cm³/mol. The fourth-order valence-electron chi connectivity index (χ4n) is 2.77. The Kier molecular flexibility index (Phi) is 3.32. The van der Waals surface area contributed by atoms with Crippen molar-refractivity contribution in [2.75, 3.05) is 24.5 Å². The molecular formula is C13H20N4O. The highest BCUT2D eigenvalue weighted by Crippen LogP contribution is 2.16. The van der Waals surface area contributed by atoms with Crippen molar-refractivity contribution in [1.82, 2.24) is 15.3 Å². The molecule has 1 fully saturated rings. The van der Waals surface area contributed by atoms with Crippen LogP contribution in [0, 0.1) is 0 Å². The van der Waals surface area contributed by atoms with Gasteiger partial charge in [0.1, 0.15) is 0 Å². The first-order chi connectivity index (χ1) is 8.84. The average Bonchev–Trinajstić information content (AvgIpc) is 2.67. The zero-order valence-corrected chi connectivity index (χ0v) is 10.7. The smallest absolute Gasteiger partial charge is 0.257 e. The Morgan fingerprint density at radius 1 is 1.11 bits per heavy atom. The predicted octanol–water partition coefficient (Wildman–Crippen LogP) is 0.796. The zero-order valence-electron chi connectivity index (χ0n) is 10.7. The molecule has 2 aliphatic rings. The first kappa shape index (κ1) is 11.7. The number of anilines is 1. The number of aromatic nitrogens is 2. The van der Waals surface area contributed by atoms with Crippen molar-refractivity contribution < 1.29 is 0 Å². The number of fused-ring (bicyclic) bond motifs is 1. The van der Waals surface area contributed by atoms with Crippen LogP contribution in [0.3, 0.4) is 0 Å². The molecule has 0 aromatic carbocycles. The summed E-state index contributed by atoms with van der Waals surface area (Å²) < 4.78 is 0. The molecule has 0 spiro atoms. The lowest BCUT2D eigenvalue weighted by Gasteiger charge is -2.23. The third-order valence-corrected chi connectivity index (χ3v) is 3.83. The normalized spacial score (nSPS) is 20.3. The molecule has 0 amide bonds. The van der Waals surface area contributed by atoms with Crippen molar-refractivity contribution in [1.29, 1.82) is 0 Å². The minimum Gasteiger partial charge on any atom is -0.342 e. The Hall–Kier alpha value is -1.36. The van der Waals surface area contributed by atoms with Crippen LogP contribution in [0.1, 0.15) is 36.9 Å². The van der Waals surface area contributed by atoms with E-state index in [1.807, 2.05) is 0 Å². The fraction of sp³-hybridized carbons (Fsp3) is 0.692. The van der Waals surface area contributed by atoms with Gasteiger partial charge in [0.05, 0.1) is 11.3 Å². The average molecular weight is 248 g/mol. The van der Waals surface area contributed by atoms with E-state index in [4.69, 9.17) is 0 Å². The Bertz CT molecular complexity index is 474. The maximum Gasteiger partial charge on any atom is 0.257 e. The van der Waals surface area contributed by atoms with Crippen LogP contribution in [0.25, 0.3) is 0 Å². The number of nitrogens with zero attached hydrogens (tertiary/aromatic N) is 2. The van der Waals surface area contributed by atoms with Crippen LogP contribution in [-0.4, -0.2) is 29.6 Å². The van der Waals surface area contributed by atoms with Gasteiger partial charge in [0.15, 0.2) is 0 Å². The van der Waals surface area contributed by atoms with Crippen molar-refractivity contribution >= 4 is 5.95 Å². The SMILES string of the molecule is O=c1[nH]c(N2CCCCCC2)nc2c1CNCC2. The molecule has 0 atom stereocenters. The fourth-order valence-corrected chi connectivity index (χ4v) is 2.77. The Morgan fingerprint density at radius 2 is 1.89 bits per heavy atom. The van der Waals surface area contributed by atoms with Gasteiger partial charge >= 0.3 is 0 Å². The highest BCUT2D eigenvalue weighted by atomic mass is 16.1. The number of hydrogen-bond donors (Lipinski definition) is 2. The molecule has 18 heavy (non-hydrogen) atoms. The van der Waals surface area contributed by atoms with Crippen LogP contribution in [0.15, 0.2) is 4.79 Å². The Morgan fingerprint density at radius 3 is 2.67 bits per heavy atom. The van der Waals surface area contributed by atoms with Gasteiger partial charge in [-0.25, -0.2) is 4.98 Å². The topological polar surface area (TPSA) is 61.0 Å². The molecule has 0 radical (unpaired) electrons. The molecule has 1 aromatic heterocycles. The maximum absolute atomic E-state index is 12.1. The van der Waals surface area contributed by atoms with Crippen molar-refractivity contribution in [2.45, 2.75) is 38.6 Å². The summed E-state index contributed by atoms with van der Waals surface area (Å²) >= 11 is 0. The molecule has 1 aromatic rings. The molecule has 2 aliphatic heterocycles. The van der Waals surface area contributed by atoms with E-state index in [1.165, 1.54) is 25.7 Å². The minimum atomic E-state index is 0.0337. The molecule has 3 heterocycles. The minimum absolute atomic E-state index is 0.0337. The first-order valence-corrected chi connectivity index (χ1v) is 6.92. The maximum atomic E-state index is 12.1. The third kappa shape index (κ3) is 2.27. The summed E-state index contributed by atoms with van der Waals surface area (Å²) in [4.78, 5) is 21.9. The van der Waals surface area contributed by atoms with Gasteiger partial charge in [-0.3, -0.25) is 9.78 Å². The highest BCUT2D eigenvalue weighted by molar-refractivity contribution is 5.34. The zero-order chi connectivity index (χ0) is 12.4. The van der Waals surface area contributed by atoms with Crippen molar-refractivity contribution in [3.05, 3.63) is 21.6 Å². The van der Waals surface area contributed by atoms with Gasteiger partial charge in [0, 0.05) is 32.6 Å². The van der Waals surface area contributed by atoms with E-state index in [9.17, 15) is 4.79 Å². The molecule has 5 nitrogen and oxygen atoms in total. The molecule has 5 heteroatoms. The van der Waals surface area contributed by atoms with E-state index in [2.05, 4.69) is 20.2 Å².